The third kappa shape index (κ3) is 4.50. The quantitative estimate of drug-likeness (QED) is 0.621. The van der Waals surface area contributed by atoms with E-state index in [0.717, 1.165) is 10.8 Å². The highest BCUT2D eigenvalue weighted by Gasteiger charge is 2.12. The fourth-order valence-corrected chi connectivity index (χ4v) is 2.88. The Bertz CT molecular complexity index is 434. The predicted molar refractivity (Wildman–Crippen MR) is 86.8 cm³/mol. The van der Waals surface area contributed by atoms with Gasteiger partial charge in [0.1, 0.15) is 0 Å². The highest BCUT2D eigenvalue weighted by atomic mass is 32.1. The zero-order valence-electron chi connectivity index (χ0n) is 12.0. The fraction of sp³-hybridized carbons (Fsp3) is 0.562. The number of nitrogens with one attached hydrogen (secondary N) is 2. The molecule has 2 N–H and O–H groups in total. The minimum absolute atomic E-state index is 0.550. The second-order valence-corrected chi connectivity index (χ2v) is 5.99. The number of benzene rings is 1. The molecule has 104 valence electrons. The molecule has 1 aliphatic carbocycles. The van der Waals surface area contributed by atoms with E-state index < -0.39 is 0 Å². The van der Waals surface area contributed by atoms with Crippen molar-refractivity contribution in [2.45, 2.75) is 58.4 Å². The average Bonchev–Trinajstić information content (AvgIpc) is 2.62. The van der Waals surface area contributed by atoms with Crippen molar-refractivity contribution < 1.29 is 0 Å². The molecule has 1 aliphatic rings. The van der Waals surface area contributed by atoms with Crippen molar-refractivity contribution in [1.29, 1.82) is 0 Å². The Morgan fingerprint density at radius 1 is 1.05 bits per heavy atom. The van der Waals surface area contributed by atoms with Crippen LogP contribution in [0.3, 0.4) is 0 Å². The average molecular weight is 276 g/mol. The topological polar surface area (TPSA) is 24.1 Å². The maximum absolute atomic E-state index is 5.41. The molecular weight excluding hydrogens is 252 g/mol. The third-order valence-electron chi connectivity index (χ3n) is 3.96. The van der Waals surface area contributed by atoms with Crippen LogP contribution in [0.2, 0.25) is 0 Å². The van der Waals surface area contributed by atoms with Gasteiger partial charge in [-0.3, -0.25) is 0 Å². The number of anilines is 1. The molecule has 1 aromatic carbocycles. The lowest BCUT2D eigenvalue weighted by atomic mass is 10.1. The van der Waals surface area contributed by atoms with Gasteiger partial charge in [-0.05, 0) is 62.2 Å². The van der Waals surface area contributed by atoms with E-state index in [2.05, 4.69) is 42.7 Å². The summed E-state index contributed by atoms with van der Waals surface area (Å²) in [6, 6.07) is 6.92. The summed E-state index contributed by atoms with van der Waals surface area (Å²) in [5, 5.41) is 7.52. The minimum atomic E-state index is 0.550. The van der Waals surface area contributed by atoms with Crippen LogP contribution in [0.5, 0.6) is 0 Å². The lowest BCUT2D eigenvalue weighted by Crippen LogP contribution is -2.37. The Labute approximate surface area is 122 Å². The Kier molecular flexibility index (Phi) is 5.20. The molecule has 0 unspecified atom stereocenters. The number of hydrogen-bond donors (Lipinski definition) is 2. The van der Waals surface area contributed by atoms with Crippen molar-refractivity contribution in [1.82, 2.24) is 5.32 Å². The first-order valence-corrected chi connectivity index (χ1v) is 7.71. The molecule has 0 bridgehead atoms. The van der Waals surface area contributed by atoms with Crippen LogP contribution in [0.1, 0.15) is 49.7 Å². The molecule has 0 aromatic heterocycles. The van der Waals surface area contributed by atoms with Crippen molar-refractivity contribution in [2.75, 3.05) is 5.32 Å². The van der Waals surface area contributed by atoms with Crippen molar-refractivity contribution in [2.24, 2.45) is 0 Å². The molecule has 0 heterocycles. The smallest absolute Gasteiger partial charge is 0.170 e. The standard InChI is InChI=1S/C16H24N2S/c1-12-9-10-15(11-13(12)2)18-16(19)17-14-7-5-3-4-6-8-14/h9-11,14H,3-8H2,1-2H3,(H2,17,18,19). The van der Waals surface area contributed by atoms with Crippen molar-refractivity contribution >= 4 is 23.0 Å². The highest BCUT2D eigenvalue weighted by Crippen LogP contribution is 2.18. The monoisotopic (exact) mass is 276 g/mol. The van der Waals surface area contributed by atoms with Crippen LogP contribution in [0.4, 0.5) is 5.69 Å². The van der Waals surface area contributed by atoms with E-state index in [1.807, 2.05) is 0 Å². The maximum Gasteiger partial charge on any atom is 0.170 e. The van der Waals surface area contributed by atoms with Crippen LogP contribution in [-0.4, -0.2) is 11.2 Å². The van der Waals surface area contributed by atoms with Gasteiger partial charge in [-0.15, -0.1) is 0 Å². The Balaban J connectivity index is 1.87. The summed E-state index contributed by atoms with van der Waals surface area (Å²) >= 11 is 5.41. The van der Waals surface area contributed by atoms with Crippen molar-refractivity contribution in [3.63, 3.8) is 0 Å². The summed E-state index contributed by atoms with van der Waals surface area (Å²) in [4.78, 5) is 0. The normalized spacial score (nSPS) is 16.7. The summed E-state index contributed by atoms with van der Waals surface area (Å²) in [7, 11) is 0. The molecule has 1 fully saturated rings. The first-order valence-electron chi connectivity index (χ1n) is 7.30. The number of hydrogen-bond acceptors (Lipinski definition) is 1. The fourth-order valence-electron chi connectivity index (χ4n) is 2.60. The van der Waals surface area contributed by atoms with Crippen molar-refractivity contribution in [3.05, 3.63) is 29.3 Å². The van der Waals surface area contributed by atoms with E-state index in [9.17, 15) is 0 Å². The Morgan fingerprint density at radius 3 is 2.37 bits per heavy atom. The number of rotatable bonds is 2. The van der Waals surface area contributed by atoms with Crippen molar-refractivity contribution in [3.8, 4) is 0 Å². The Morgan fingerprint density at radius 2 is 1.74 bits per heavy atom. The number of thiocarbonyl (C=S) groups is 1. The summed E-state index contributed by atoms with van der Waals surface area (Å²) in [6.45, 7) is 4.25. The van der Waals surface area contributed by atoms with Gasteiger partial charge in [0, 0.05) is 11.7 Å². The van der Waals surface area contributed by atoms with E-state index in [-0.39, 0.29) is 0 Å². The molecule has 0 saturated heterocycles. The van der Waals surface area contributed by atoms with Crippen LogP contribution < -0.4 is 10.6 Å². The molecule has 0 aliphatic heterocycles. The minimum Gasteiger partial charge on any atom is -0.360 e. The van der Waals surface area contributed by atoms with E-state index in [4.69, 9.17) is 12.2 Å². The van der Waals surface area contributed by atoms with Gasteiger partial charge in [-0.25, -0.2) is 0 Å². The molecule has 0 amide bonds. The van der Waals surface area contributed by atoms with Crippen LogP contribution in [0.15, 0.2) is 18.2 Å². The molecule has 3 heteroatoms. The van der Waals surface area contributed by atoms with Gasteiger partial charge in [-0.1, -0.05) is 31.7 Å². The molecule has 0 atom stereocenters. The molecule has 19 heavy (non-hydrogen) atoms. The third-order valence-corrected chi connectivity index (χ3v) is 4.18. The van der Waals surface area contributed by atoms with Crippen LogP contribution in [0.25, 0.3) is 0 Å². The first-order chi connectivity index (χ1) is 9.15. The van der Waals surface area contributed by atoms with Crippen LogP contribution >= 0.6 is 12.2 Å². The molecule has 0 radical (unpaired) electrons. The summed E-state index contributed by atoms with van der Waals surface area (Å²) in [5.41, 5.74) is 3.68. The van der Waals surface area contributed by atoms with Gasteiger partial charge < -0.3 is 10.6 Å². The van der Waals surface area contributed by atoms with Gasteiger partial charge in [-0.2, -0.15) is 0 Å². The zero-order valence-corrected chi connectivity index (χ0v) is 12.8. The van der Waals surface area contributed by atoms with E-state index >= 15 is 0 Å². The summed E-state index contributed by atoms with van der Waals surface area (Å²) in [5.74, 6) is 0. The van der Waals surface area contributed by atoms with Crippen LogP contribution in [0, 0.1) is 13.8 Å². The molecule has 1 saturated carbocycles. The summed E-state index contributed by atoms with van der Waals surface area (Å²) in [6.07, 6.45) is 7.88. The van der Waals surface area contributed by atoms with Gasteiger partial charge >= 0.3 is 0 Å². The molecule has 1 aromatic rings. The molecular formula is C16H24N2S. The van der Waals surface area contributed by atoms with Gasteiger partial charge in [0.05, 0.1) is 0 Å². The zero-order chi connectivity index (χ0) is 13.7. The second kappa shape index (κ2) is 6.90. The largest absolute Gasteiger partial charge is 0.360 e. The van der Waals surface area contributed by atoms with Gasteiger partial charge in [0.15, 0.2) is 5.11 Å². The number of aryl methyl sites for hydroxylation is 2. The first kappa shape index (κ1) is 14.3. The van der Waals surface area contributed by atoms with E-state index in [1.165, 1.54) is 49.7 Å². The maximum atomic E-state index is 5.41. The Hall–Kier alpha value is -1.09. The van der Waals surface area contributed by atoms with Gasteiger partial charge in [0.25, 0.3) is 0 Å². The second-order valence-electron chi connectivity index (χ2n) is 5.59. The lowest BCUT2D eigenvalue weighted by Gasteiger charge is -2.19. The van der Waals surface area contributed by atoms with Gasteiger partial charge in [0.2, 0.25) is 0 Å². The molecule has 0 spiro atoms. The van der Waals surface area contributed by atoms with E-state index in [1.54, 1.807) is 0 Å². The SMILES string of the molecule is Cc1ccc(NC(=S)NC2CCCCCC2)cc1C. The van der Waals surface area contributed by atoms with E-state index in [0.29, 0.717) is 6.04 Å². The molecule has 2 nitrogen and oxygen atoms in total. The predicted octanol–water partition coefficient (Wildman–Crippen LogP) is 4.31. The van der Waals surface area contributed by atoms with Crippen LogP contribution in [-0.2, 0) is 0 Å². The highest BCUT2D eigenvalue weighted by molar-refractivity contribution is 7.80. The summed E-state index contributed by atoms with van der Waals surface area (Å²) < 4.78 is 0. The molecule has 2 rings (SSSR count). The lowest BCUT2D eigenvalue weighted by molar-refractivity contribution is 0.535.